The van der Waals surface area contributed by atoms with Crippen molar-refractivity contribution in [3.8, 4) is 10.7 Å². The second kappa shape index (κ2) is 6.07. The van der Waals surface area contributed by atoms with Crippen LogP contribution in [0, 0.1) is 0 Å². The molecular formula is C12H11ClF3N3S. The Balaban J connectivity index is 2.46. The average Bonchev–Trinajstić information content (AvgIpc) is 2.80. The summed E-state index contributed by atoms with van der Waals surface area (Å²) in [5, 5.41) is 3.33. The van der Waals surface area contributed by atoms with Gasteiger partial charge >= 0.3 is 6.18 Å². The Labute approximate surface area is 122 Å². The number of thiazole rings is 1. The van der Waals surface area contributed by atoms with E-state index in [1.165, 1.54) is 6.20 Å². The van der Waals surface area contributed by atoms with Crippen LogP contribution in [-0.2, 0) is 12.7 Å². The summed E-state index contributed by atoms with van der Waals surface area (Å²) in [5.41, 5.74) is -0.604. The Bertz CT molecular complexity index is 598. The summed E-state index contributed by atoms with van der Waals surface area (Å²) >= 11 is 6.90. The summed E-state index contributed by atoms with van der Waals surface area (Å²) in [7, 11) is 0. The molecule has 2 aromatic heterocycles. The van der Waals surface area contributed by atoms with Crippen molar-refractivity contribution in [1.82, 2.24) is 15.3 Å². The minimum Gasteiger partial charge on any atom is -0.312 e. The van der Waals surface area contributed by atoms with Crippen molar-refractivity contribution in [2.45, 2.75) is 19.6 Å². The zero-order valence-electron chi connectivity index (χ0n) is 10.5. The van der Waals surface area contributed by atoms with Gasteiger partial charge in [0.15, 0.2) is 5.69 Å². The second-order valence-corrected chi connectivity index (χ2v) is 5.39. The van der Waals surface area contributed by atoms with E-state index in [0.717, 1.165) is 11.3 Å². The van der Waals surface area contributed by atoms with E-state index >= 15 is 0 Å². The van der Waals surface area contributed by atoms with Crippen LogP contribution in [0.2, 0.25) is 5.02 Å². The third-order valence-electron chi connectivity index (χ3n) is 2.46. The van der Waals surface area contributed by atoms with Crippen molar-refractivity contribution >= 4 is 22.9 Å². The van der Waals surface area contributed by atoms with Crippen molar-refractivity contribution < 1.29 is 13.2 Å². The zero-order chi connectivity index (χ0) is 14.8. The average molecular weight is 322 g/mol. The fourth-order valence-electron chi connectivity index (χ4n) is 1.58. The van der Waals surface area contributed by atoms with Gasteiger partial charge < -0.3 is 5.32 Å². The molecule has 0 saturated carbocycles. The molecule has 2 aromatic rings. The van der Waals surface area contributed by atoms with Gasteiger partial charge in [-0.25, -0.2) is 4.98 Å². The molecule has 0 spiro atoms. The van der Waals surface area contributed by atoms with Crippen molar-refractivity contribution in [3.63, 3.8) is 0 Å². The lowest BCUT2D eigenvalue weighted by Gasteiger charge is -2.05. The number of aromatic nitrogens is 2. The van der Waals surface area contributed by atoms with Crippen LogP contribution in [0.3, 0.4) is 0 Å². The lowest BCUT2D eigenvalue weighted by molar-refractivity contribution is -0.141. The molecule has 0 fully saturated rings. The third-order valence-corrected chi connectivity index (χ3v) is 3.83. The van der Waals surface area contributed by atoms with Gasteiger partial charge in [0, 0.05) is 12.7 Å². The Hall–Kier alpha value is -1.18. The Morgan fingerprint density at radius 2 is 2.15 bits per heavy atom. The van der Waals surface area contributed by atoms with Crippen molar-refractivity contribution in [3.05, 3.63) is 33.9 Å². The summed E-state index contributed by atoms with van der Waals surface area (Å²) in [6, 6.07) is 3.19. The van der Waals surface area contributed by atoms with Gasteiger partial charge in [0.1, 0.15) is 10.7 Å². The molecule has 0 aromatic carbocycles. The van der Waals surface area contributed by atoms with Crippen LogP contribution in [0.15, 0.2) is 18.3 Å². The normalized spacial score (nSPS) is 11.8. The quantitative estimate of drug-likeness (QED) is 0.925. The number of halogens is 4. The number of alkyl halides is 3. The molecule has 0 unspecified atom stereocenters. The van der Waals surface area contributed by atoms with E-state index < -0.39 is 11.9 Å². The summed E-state index contributed by atoms with van der Waals surface area (Å²) < 4.78 is 38.9. The van der Waals surface area contributed by atoms with Gasteiger partial charge in [-0.15, -0.1) is 11.3 Å². The summed E-state index contributed by atoms with van der Waals surface area (Å²) in [6.45, 7) is 2.52. The minimum atomic E-state index is -4.49. The predicted octanol–water partition coefficient (Wildman–Crippen LogP) is 3.99. The largest absolute Gasteiger partial charge is 0.434 e. The first-order chi connectivity index (χ1) is 9.43. The van der Waals surface area contributed by atoms with Crippen LogP contribution in [-0.4, -0.2) is 16.5 Å². The van der Waals surface area contributed by atoms with Gasteiger partial charge in [0.05, 0.1) is 9.90 Å². The maximum atomic E-state index is 13.0. The fourth-order valence-corrected chi connectivity index (χ4v) is 2.90. The Kier molecular flexibility index (Phi) is 4.62. The van der Waals surface area contributed by atoms with E-state index in [9.17, 15) is 13.2 Å². The molecule has 0 atom stereocenters. The molecule has 0 aliphatic carbocycles. The molecule has 1 N–H and O–H groups in total. The highest BCUT2D eigenvalue weighted by Crippen LogP contribution is 2.38. The molecule has 2 heterocycles. The SMILES string of the molecule is CCNCc1sc(-c2ncccc2Cl)nc1C(F)(F)F. The summed E-state index contributed by atoms with van der Waals surface area (Å²) in [5.74, 6) is 0. The molecule has 0 saturated heterocycles. The van der Waals surface area contributed by atoms with Crippen LogP contribution >= 0.6 is 22.9 Å². The first-order valence-electron chi connectivity index (χ1n) is 5.82. The fraction of sp³-hybridized carbons (Fsp3) is 0.333. The first-order valence-corrected chi connectivity index (χ1v) is 7.01. The Morgan fingerprint density at radius 3 is 2.75 bits per heavy atom. The minimum absolute atomic E-state index is 0.119. The molecule has 108 valence electrons. The number of rotatable bonds is 4. The van der Waals surface area contributed by atoms with Gasteiger partial charge in [-0.3, -0.25) is 4.98 Å². The highest BCUT2D eigenvalue weighted by Gasteiger charge is 2.37. The van der Waals surface area contributed by atoms with Gasteiger partial charge in [-0.05, 0) is 18.7 Å². The van der Waals surface area contributed by atoms with Crippen molar-refractivity contribution in [2.24, 2.45) is 0 Å². The molecule has 2 rings (SSSR count). The third kappa shape index (κ3) is 3.28. The topological polar surface area (TPSA) is 37.8 Å². The number of nitrogens with one attached hydrogen (secondary N) is 1. The van der Waals surface area contributed by atoms with E-state index in [4.69, 9.17) is 11.6 Å². The van der Waals surface area contributed by atoms with Crippen LogP contribution in [0.4, 0.5) is 13.2 Å². The summed E-state index contributed by atoms with van der Waals surface area (Å²) in [4.78, 5) is 7.80. The molecule has 3 nitrogen and oxygen atoms in total. The molecular weight excluding hydrogens is 311 g/mol. The van der Waals surface area contributed by atoms with Crippen LogP contribution < -0.4 is 5.32 Å². The highest BCUT2D eigenvalue weighted by atomic mass is 35.5. The lowest BCUT2D eigenvalue weighted by atomic mass is 10.3. The summed E-state index contributed by atoms with van der Waals surface area (Å²) in [6.07, 6.45) is -3.01. The number of hydrogen-bond acceptors (Lipinski definition) is 4. The smallest absolute Gasteiger partial charge is 0.312 e. The molecule has 0 bridgehead atoms. The van der Waals surface area contributed by atoms with Crippen LogP contribution in [0.5, 0.6) is 0 Å². The first kappa shape index (κ1) is 15.2. The number of pyridine rings is 1. The monoisotopic (exact) mass is 321 g/mol. The Morgan fingerprint density at radius 1 is 1.40 bits per heavy atom. The van der Waals surface area contributed by atoms with Gasteiger partial charge in [-0.1, -0.05) is 18.5 Å². The number of nitrogens with zero attached hydrogens (tertiary/aromatic N) is 2. The van der Waals surface area contributed by atoms with E-state index in [1.807, 2.05) is 6.92 Å². The number of hydrogen-bond donors (Lipinski definition) is 1. The standard InChI is InChI=1S/C12H11ClF3N3S/c1-2-17-6-8-10(12(14,15)16)19-11(20-8)9-7(13)4-3-5-18-9/h3-5,17H,2,6H2,1H3. The van der Waals surface area contributed by atoms with Gasteiger partial charge in [0.25, 0.3) is 0 Å². The maximum Gasteiger partial charge on any atom is 0.434 e. The van der Waals surface area contributed by atoms with Gasteiger partial charge in [-0.2, -0.15) is 13.2 Å². The molecule has 0 amide bonds. The van der Waals surface area contributed by atoms with Crippen molar-refractivity contribution in [2.75, 3.05) is 6.54 Å². The maximum absolute atomic E-state index is 13.0. The van der Waals surface area contributed by atoms with Crippen LogP contribution in [0.1, 0.15) is 17.5 Å². The second-order valence-electron chi connectivity index (χ2n) is 3.90. The van der Waals surface area contributed by atoms with Crippen molar-refractivity contribution in [1.29, 1.82) is 0 Å². The highest BCUT2D eigenvalue weighted by molar-refractivity contribution is 7.15. The molecule has 0 aliphatic rings. The van der Waals surface area contributed by atoms with E-state index in [1.54, 1.807) is 12.1 Å². The van der Waals surface area contributed by atoms with E-state index in [2.05, 4.69) is 15.3 Å². The van der Waals surface area contributed by atoms with Crippen LogP contribution in [0.25, 0.3) is 10.7 Å². The molecule has 20 heavy (non-hydrogen) atoms. The molecule has 0 radical (unpaired) electrons. The molecule has 8 heteroatoms. The van der Waals surface area contributed by atoms with E-state index in [0.29, 0.717) is 6.54 Å². The van der Waals surface area contributed by atoms with Gasteiger partial charge in [0.2, 0.25) is 0 Å². The predicted molar refractivity (Wildman–Crippen MR) is 72.7 cm³/mol. The lowest BCUT2D eigenvalue weighted by Crippen LogP contribution is -2.15. The van der Waals surface area contributed by atoms with E-state index in [-0.39, 0.29) is 27.1 Å². The zero-order valence-corrected chi connectivity index (χ0v) is 12.0. The molecule has 0 aliphatic heterocycles.